The van der Waals surface area contributed by atoms with E-state index in [1.807, 2.05) is 0 Å². The molecule has 2 heteroatoms. The van der Waals surface area contributed by atoms with Gasteiger partial charge in [0.05, 0.1) is 5.75 Å². The van der Waals surface area contributed by atoms with Crippen LogP contribution in [0.15, 0.2) is 6.07 Å². The lowest BCUT2D eigenvalue weighted by molar-refractivity contribution is 0.577. The molecule has 0 amide bonds. The molecule has 0 saturated carbocycles. The van der Waals surface area contributed by atoms with Gasteiger partial charge in [-0.3, -0.25) is 0 Å². The highest BCUT2D eigenvalue weighted by atomic mass is 27.1. The molecule has 0 saturated heterocycles. The summed E-state index contributed by atoms with van der Waals surface area (Å²) < 4.78 is 5.55. The molecule has 86 valence electrons. The maximum atomic E-state index is 5.55. The molecule has 1 rings (SSSR count). The maximum absolute atomic E-state index is 5.55. The van der Waals surface area contributed by atoms with E-state index in [1.165, 1.54) is 22.3 Å². The largest absolute Gasteiger partial charge is 0.653 e. The Morgan fingerprint density at radius 1 is 1.06 bits per heavy atom. The predicted octanol–water partition coefficient (Wildman–Crippen LogP) is 4.01. The number of hydrogen-bond donors (Lipinski definition) is 0. The Labute approximate surface area is 108 Å². The average Bonchev–Trinajstić information content (AvgIpc) is 2.20. The minimum atomic E-state index is 0.493. The number of rotatable bonds is 3. The Morgan fingerprint density at radius 2 is 1.62 bits per heavy atom. The fourth-order valence-electron chi connectivity index (χ4n) is 2.20. The van der Waals surface area contributed by atoms with Crippen molar-refractivity contribution in [2.75, 3.05) is 0 Å². The molecule has 2 radical (unpaired) electrons. The van der Waals surface area contributed by atoms with Crippen molar-refractivity contribution in [1.82, 2.24) is 0 Å². The van der Waals surface area contributed by atoms with E-state index in [9.17, 15) is 0 Å². The van der Waals surface area contributed by atoms with E-state index >= 15 is 0 Å². The first kappa shape index (κ1) is 13.6. The standard InChI is InChI=1S/C14H22O.Al/c1-8(2)12-7-10(5)11(6)13(9(3)4)14(12)15;/h7-9,15H,1-6H3;/q;+1/p-1. The van der Waals surface area contributed by atoms with Gasteiger partial charge in [0.1, 0.15) is 0 Å². The van der Waals surface area contributed by atoms with Crippen molar-refractivity contribution in [3.05, 3.63) is 28.3 Å². The summed E-state index contributed by atoms with van der Waals surface area (Å²) in [6.07, 6.45) is 0. The fraction of sp³-hybridized carbons (Fsp3) is 0.571. The summed E-state index contributed by atoms with van der Waals surface area (Å²) in [5.74, 6) is 2.04. The van der Waals surface area contributed by atoms with Crippen LogP contribution in [0.2, 0.25) is 0 Å². The van der Waals surface area contributed by atoms with Crippen molar-refractivity contribution in [3.63, 3.8) is 0 Å². The van der Waals surface area contributed by atoms with Crippen LogP contribution < -0.4 is 3.79 Å². The fourth-order valence-corrected chi connectivity index (χ4v) is 2.46. The number of aryl methyl sites for hydroxylation is 1. The van der Waals surface area contributed by atoms with Gasteiger partial charge in [0.2, 0.25) is 0 Å². The predicted molar refractivity (Wildman–Crippen MR) is 70.5 cm³/mol. The van der Waals surface area contributed by atoms with Crippen LogP contribution in [-0.4, -0.2) is 16.6 Å². The van der Waals surface area contributed by atoms with Gasteiger partial charge in [-0.25, -0.2) is 0 Å². The van der Waals surface area contributed by atoms with Crippen molar-refractivity contribution in [1.29, 1.82) is 0 Å². The van der Waals surface area contributed by atoms with Gasteiger partial charge < -0.3 is 3.79 Å². The smallest absolute Gasteiger partial charge is 0.482 e. The first-order valence-corrected chi connectivity index (χ1v) is 6.38. The molecule has 16 heavy (non-hydrogen) atoms. The molecule has 0 bridgehead atoms. The lowest BCUT2D eigenvalue weighted by Gasteiger charge is -2.24. The Bertz CT molecular complexity index is 381. The normalized spacial score (nSPS) is 11.2. The van der Waals surface area contributed by atoms with E-state index in [1.54, 1.807) is 0 Å². The maximum Gasteiger partial charge on any atom is 0.482 e. The lowest BCUT2D eigenvalue weighted by Crippen LogP contribution is -2.05. The Morgan fingerprint density at radius 3 is 2.00 bits per heavy atom. The summed E-state index contributed by atoms with van der Waals surface area (Å²) in [4.78, 5) is 0. The average molecular weight is 232 g/mol. The van der Waals surface area contributed by atoms with Gasteiger partial charge in [0.25, 0.3) is 0 Å². The van der Waals surface area contributed by atoms with Crippen LogP contribution in [0.3, 0.4) is 0 Å². The van der Waals surface area contributed by atoms with Crippen molar-refractivity contribution >= 4 is 16.6 Å². The molecule has 1 aromatic rings. The summed E-state index contributed by atoms with van der Waals surface area (Å²) in [6, 6.07) is 2.26. The van der Waals surface area contributed by atoms with E-state index in [2.05, 4.69) is 64.2 Å². The third kappa shape index (κ3) is 2.45. The first-order valence-electron chi connectivity index (χ1n) is 5.90. The highest BCUT2D eigenvalue weighted by Crippen LogP contribution is 2.38. The first-order chi connectivity index (χ1) is 7.40. The Hall–Kier alpha value is -0.448. The zero-order valence-corrected chi connectivity index (χ0v) is 12.4. The second-order valence-electron chi connectivity index (χ2n) is 5.08. The van der Waals surface area contributed by atoms with Gasteiger partial charge >= 0.3 is 16.6 Å². The Balaban J connectivity index is 3.55. The van der Waals surface area contributed by atoms with E-state index in [4.69, 9.17) is 3.79 Å². The van der Waals surface area contributed by atoms with E-state index in [0.717, 1.165) is 5.75 Å². The van der Waals surface area contributed by atoms with Crippen LogP contribution in [0.25, 0.3) is 0 Å². The topological polar surface area (TPSA) is 9.23 Å². The molecule has 0 spiro atoms. The summed E-state index contributed by atoms with van der Waals surface area (Å²) in [6.45, 7) is 13.2. The quantitative estimate of drug-likeness (QED) is 0.715. The summed E-state index contributed by atoms with van der Waals surface area (Å²) in [7, 11) is 0. The lowest BCUT2D eigenvalue weighted by atomic mass is 9.88. The van der Waals surface area contributed by atoms with Gasteiger partial charge in [-0.15, -0.1) is 0 Å². The van der Waals surface area contributed by atoms with Gasteiger partial charge in [-0.1, -0.05) is 33.8 Å². The van der Waals surface area contributed by atoms with Gasteiger partial charge in [-0.2, -0.15) is 0 Å². The molecule has 0 aliphatic heterocycles. The van der Waals surface area contributed by atoms with Crippen LogP contribution in [0.4, 0.5) is 0 Å². The van der Waals surface area contributed by atoms with Crippen LogP contribution in [0, 0.1) is 13.8 Å². The minimum Gasteiger partial charge on any atom is -0.653 e. The van der Waals surface area contributed by atoms with Crippen LogP contribution in [0.1, 0.15) is 61.8 Å². The molecule has 0 aromatic heterocycles. The molecule has 0 unspecified atom stereocenters. The molecule has 1 aromatic carbocycles. The molecule has 0 atom stereocenters. The highest BCUT2D eigenvalue weighted by molar-refractivity contribution is 6.00. The van der Waals surface area contributed by atoms with Crippen molar-refractivity contribution in [2.24, 2.45) is 0 Å². The molecule has 1 nitrogen and oxygen atoms in total. The van der Waals surface area contributed by atoms with Crippen molar-refractivity contribution in [2.45, 2.75) is 53.4 Å². The van der Waals surface area contributed by atoms with Crippen LogP contribution in [0.5, 0.6) is 5.75 Å². The monoisotopic (exact) mass is 232 g/mol. The summed E-state index contributed by atoms with van der Waals surface area (Å²) in [5, 5.41) is 0. The van der Waals surface area contributed by atoms with Crippen molar-refractivity contribution in [3.8, 4) is 5.75 Å². The van der Waals surface area contributed by atoms with Gasteiger partial charge in [0, 0.05) is 0 Å². The molecule has 0 N–H and O–H groups in total. The number of benzene rings is 1. The molecular weight excluding hydrogens is 211 g/mol. The second kappa shape index (κ2) is 5.26. The van der Waals surface area contributed by atoms with Crippen molar-refractivity contribution < 1.29 is 3.79 Å². The molecule has 0 fully saturated rings. The zero-order valence-electron chi connectivity index (χ0n) is 11.2. The molecule has 0 aliphatic rings. The number of hydrogen-bond acceptors (Lipinski definition) is 1. The van der Waals surface area contributed by atoms with E-state index in [-0.39, 0.29) is 0 Å². The van der Waals surface area contributed by atoms with Crippen LogP contribution >= 0.6 is 0 Å². The van der Waals surface area contributed by atoms with E-state index < -0.39 is 0 Å². The zero-order chi connectivity index (χ0) is 12.5. The summed E-state index contributed by atoms with van der Waals surface area (Å²) in [5.41, 5.74) is 5.37. The molecule has 0 aliphatic carbocycles. The third-order valence-corrected chi connectivity index (χ3v) is 3.43. The van der Waals surface area contributed by atoms with Crippen LogP contribution in [-0.2, 0) is 0 Å². The highest BCUT2D eigenvalue weighted by Gasteiger charge is 2.17. The Kier molecular flexibility index (Phi) is 4.47. The summed E-state index contributed by atoms with van der Waals surface area (Å²) >= 11 is 2.39. The van der Waals surface area contributed by atoms with Gasteiger partial charge in [0.15, 0.2) is 0 Å². The SMILES string of the molecule is Cc1cc(C(C)C)c([O][Al])c(C(C)C)c1C. The van der Waals surface area contributed by atoms with E-state index in [0.29, 0.717) is 11.8 Å². The third-order valence-electron chi connectivity index (χ3n) is 3.19. The minimum absolute atomic E-state index is 0.493. The second-order valence-corrected chi connectivity index (χ2v) is 5.31. The molecule has 0 heterocycles. The molecular formula is C14H21AlO. The van der Waals surface area contributed by atoms with Gasteiger partial charge in [-0.05, 0) is 47.9 Å².